The first-order valence-corrected chi connectivity index (χ1v) is 18.3. The van der Waals surface area contributed by atoms with E-state index < -0.39 is 26.1 Å². The number of amides is 1. The Kier molecular flexibility index (Phi) is 9.89. The molecule has 0 radical (unpaired) electrons. The average molecular weight is 624 g/mol. The number of aryl methyl sites for hydroxylation is 1. The second-order valence-electron chi connectivity index (χ2n) is 14.0. The summed E-state index contributed by atoms with van der Waals surface area (Å²) < 4.78 is 18.6. The van der Waals surface area contributed by atoms with E-state index in [-0.39, 0.29) is 17.6 Å². The van der Waals surface area contributed by atoms with Crippen molar-refractivity contribution >= 4 is 26.0 Å². The lowest BCUT2D eigenvalue weighted by Gasteiger charge is -2.37. The molecule has 1 N–H and O–H groups in total. The number of hydrogen-bond donors (Lipinski definition) is 1. The molecule has 232 valence electrons. The third-order valence-electron chi connectivity index (χ3n) is 8.27. The van der Waals surface area contributed by atoms with Crippen molar-refractivity contribution in [3.05, 3.63) is 88.4 Å². The molecule has 1 aliphatic carbocycles. The van der Waals surface area contributed by atoms with Crippen molar-refractivity contribution in [1.29, 1.82) is 0 Å². The van der Waals surface area contributed by atoms with Gasteiger partial charge in [0, 0.05) is 17.1 Å². The average Bonchev–Trinajstić information content (AvgIpc) is 2.89. The number of hydrogen-bond acceptors (Lipinski definition) is 5. The third-order valence-corrected chi connectivity index (χ3v) is 12.9. The molecule has 0 spiro atoms. The van der Waals surface area contributed by atoms with Gasteiger partial charge in [0.2, 0.25) is 8.32 Å². The molecular weight excluding hydrogens is 578 g/mol. The van der Waals surface area contributed by atoms with Gasteiger partial charge in [-0.3, -0.25) is 0 Å². The van der Waals surface area contributed by atoms with Gasteiger partial charge in [-0.2, -0.15) is 0 Å². The van der Waals surface area contributed by atoms with Gasteiger partial charge >= 0.3 is 6.09 Å². The maximum absolute atomic E-state index is 13.4. The number of aliphatic hydroxyl groups is 1. The van der Waals surface area contributed by atoms with Crippen LogP contribution in [0.5, 0.6) is 17.2 Å². The van der Waals surface area contributed by atoms with E-state index >= 15 is 0 Å². The van der Waals surface area contributed by atoms with Crippen molar-refractivity contribution in [3.8, 4) is 17.2 Å². The fourth-order valence-electron chi connectivity index (χ4n) is 4.93. The van der Waals surface area contributed by atoms with Gasteiger partial charge in [0.1, 0.15) is 22.8 Å². The summed E-state index contributed by atoms with van der Waals surface area (Å²) >= 11 is 6.17. The quantitative estimate of drug-likeness (QED) is 0.253. The molecular formula is C35H46ClNO5Si. The summed E-state index contributed by atoms with van der Waals surface area (Å²) in [6, 6.07) is 20.9. The van der Waals surface area contributed by atoms with E-state index in [2.05, 4.69) is 46.0 Å². The molecule has 6 nitrogen and oxygen atoms in total. The zero-order chi connectivity index (χ0) is 31.6. The van der Waals surface area contributed by atoms with Gasteiger partial charge < -0.3 is 23.9 Å². The van der Waals surface area contributed by atoms with E-state index in [1.54, 1.807) is 23.1 Å². The summed E-state index contributed by atoms with van der Waals surface area (Å²) in [5, 5.41) is 11.7. The first kappa shape index (κ1) is 32.9. The van der Waals surface area contributed by atoms with Crippen LogP contribution in [0.25, 0.3) is 0 Å². The van der Waals surface area contributed by atoms with Crippen molar-refractivity contribution in [3.63, 3.8) is 0 Å². The molecule has 4 rings (SSSR count). The second kappa shape index (κ2) is 12.9. The molecule has 0 fully saturated rings. The number of carbonyl (C=O) groups is 1. The minimum atomic E-state index is -1.98. The van der Waals surface area contributed by atoms with Crippen LogP contribution >= 0.6 is 11.6 Å². The van der Waals surface area contributed by atoms with Crippen molar-refractivity contribution in [2.45, 2.75) is 96.7 Å². The monoisotopic (exact) mass is 623 g/mol. The molecule has 3 aromatic carbocycles. The number of halogens is 1. The Labute approximate surface area is 263 Å². The summed E-state index contributed by atoms with van der Waals surface area (Å²) in [7, 11) is -1.98. The fraction of sp³-hybridized carbons (Fsp3) is 0.457. The molecule has 0 saturated carbocycles. The lowest BCUT2D eigenvalue weighted by molar-refractivity contribution is 0.00195. The Bertz CT molecular complexity index is 1430. The minimum Gasteiger partial charge on any atom is -0.543 e. The molecule has 3 aromatic rings. The highest BCUT2D eigenvalue weighted by atomic mass is 35.5. The zero-order valence-corrected chi connectivity index (χ0v) is 28.5. The van der Waals surface area contributed by atoms with Gasteiger partial charge in [0.05, 0.1) is 12.6 Å². The van der Waals surface area contributed by atoms with Gasteiger partial charge in [0.15, 0.2) is 0 Å². The maximum Gasteiger partial charge on any atom is 0.410 e. The van der Waals surface area contributed by atoms with E-state index in [0.29, 0.717) is 22.8 Å². The van der Waals surface area contributed by atoms with Crippen LogP contribution in [-0.4, -0.2) is 42.6 Å². The third kappa shape index (κ3) is 8.77. The predicted octanol–water partition coefficient (Wildman–Crippen LogP) is 9.34. The van der Waals surface area contributed by atoms with Crippen LogP contribution in [0.1, 0.15) is 70.8 Å². The number of fused-ring (bicyclic) bond motifs is 1. The number of aliphatic hydroxyl groups excluding tert-OH is 1. The Balaban J connectivity index is 1.53. The minimum absolute atomic E-state index is 0.0935. The Morgan fingerprint density at radius 1 is 0.953 bits per heavy atom. The molecule has 1 aliphatic rings. The first-order chi connectivity index (χ1) is 20.0. The van der Waals surface area contributed by atoms with Gasteiger partial charge in [-0.05, 0) is 111 Å². The maximum atomic E-state index is 13.4. The lowest BCUT2D eigenvalue weighted by atomic mass is 9.87. The van der Waals surface area contributed by atoms with E-state index in [9.17, 15) is 9.90 Å². The van der Waals surface area contributed by atoms with Crippen LogP contribution in [0.4, 0.5) is 4.79 Å². The van der Waals surface area contributed by atoms with Crippen molar-refractivity contribution in [1.82, 2.24) is 4.90 Å². The topological polar surface area (TPSA) is 68.2 Å². The van der Waals surface area contributed by atoms with Gasteiger partial charge in [0.25, 0.3) is 0 Å². The van der Waals surface area contributed by atoms with Crippen molar-refractivity contribution in [2.75, 3.05) is 6.54 Å². The summed E-state index contributed by atoms with van der Waals surface area (Å²) in [6.45, 7) is 16.8. The number of carbonyl (C=O) groups excluding carboxylic acids is 1. The number of benzene rings is 3. The highest BCUT2D eigenvalue weighted by molar-refractivity contribution is 6.74. The van der Waals surface area contributed by atoms with Crippen LogP contribution < -0.4 is 9.16 Å². The molecule has 0 aliphatic heterocycles. The van der Waals surface area contributed by atoms with Gasteiger partial charge in [-0.25, -0.2) is 4.79 Å². The fourth-order valence-corrected chi connectivity index (χ4v) is 6.15. The smallest absolute Gasteiger partial charge is 0.410 e. The number of ether oxygens (including phenoxy) is 2. The summed E-state index contributed by atoms with van der Waals surface area (Å²) in [5.74, 6) is 2.25. The van der Waals surface area contributed by atoms with Crippen LogP contribution in [0, 0.1) is 0 Å². The highest BCUT2D eigenvalue weighted by Gasteiger charge is 2.39. The zero-order valence-electron chi connectivity index (χ0n) is 26.7. The lowest BCUT2D eigenvalue weighted by Crippen LogP contribution is -2.47. The van der Waals surface area contributed by atoms with Crippen LogP contribution in [0.2, 0.25) is 23.2 Å². The van der Waals surface area contributed by atoms with Gasteiger partial charge in [-0.15, -0.1) is 0 Å². The molecule has 0 heterocycles. The normalized spacial score (nSPS) is 16.2. The molecule has 2 atom stereocenters. The SMILES string of the molecule is CC(C)(C)OC(=O)N(C[C@@H](O)c1cccc(Cl)c1)[C@H]1CCc2ccc(Oc3cccc(O[Si](C)(C)C(C)(C)C)c3)cc2C1. The Morgan fingerprint density at radius 2 is 1.63 bits per heavy atom. The highest BCUT2D eigenvalue weighted by Crippen LogP contribution is 2.38. The Hall–Kier alpha value is -3.00. The molecule has 0 bridgehead atoms. The van der Waals surface area contributed by atoms with E-state index in [1.165, 1.54) is 5.56 Å². The number of nitrogens with zero attached hydrogens (tertiary/aromatic N) is 1. The largest absolute Gasteiger partial charge is 0.543 e. The first-order valence-electron chi connectivity index (χ1n) is 15.0. The molecule has 8 heteroatoms. The summed E-state index contributed by atoms with van der Waals surface area (Å²) in [6.07, 6.45) is 0.864. The van der Waals surface area contributed by atoms with E-state index in [0.717, 1.165) is 29.9 Å². The van der Waals surface area contributed by atoms with Crippen LogP contribution in [-0.2, 0) is 17.6 Å². The molecule has 0 saturated heterocycles. The van der Waals surface area contributed by atoms with Crippen LogP contribution in [0.3, 0.4) is 0 Å². The summed E-state index contributed by atoms with van der Waals surface area (Å²) in [5.41, 5.74) is 2.35. The standard InChI is InChI=1S/C35H46ClNO5Si/c1-34(2,3)41-33(39)37(23-32(38)25-11-9-12-27(36)19-25)28-17-15-24-16-18-30(21-26(24)20-28)40-29-13-10-14-31(22-29)42-43(7,8)35(4,5)6/h9-14,16,18-19,21-22,28,32,38H,15,17,20,23H2,1-8H3/t28-,32+/m0/s1. The number of rotatable bonds is 8. The summed E-state index contributed by atoms with van der Waals surface area (Å²) in [4.78, 5) is 15.1. The van der Waals surface area contributed by atoms with Crippen molar-refractivity contribution < 1.29 is 23.8 Å². The van der Waals surface area contributed by atoms with E-state index in [1.807, 2.05) is 57.2 Å². The molecule has 0 aromatic heterocycles. The second-order valence-corrected chi connectivity index (χ2v) is 19.1. The van der Waals surface area contributed by atoms with E-state index in [4.69, 9.17) is 25.5 Å². The predicted molar refractivity (Wildman–Crippen MR) is 176 cm³/mol. The van der Waals surface area contributed by atoms with Gasteiger partial charge in [-0.1, -0.05) is 56.6 Å². The van der Waals surface area contributed by atoms with Crippen LogP contribution in [0.15, 0.2) is 66.7 Å². The molecule has 43 heavy (non-hydrogen) atoms. The molecule has 1 amide bonds. The molecule has 0 unspecified atom stereocenters. The van der Waals surface area contributed by atoms with Crippen molar-refractivity contribution in [2.24, 2.45) is 0 Å². The Morgan fingerprint density at radius 3 is 2.30 bits per heavy atom.